The third-order valence-corrected chi connectivity index (χ3v) is 3.29. The molecule has 0 radical (unpaired) electrons. The molecule has 0 spiro atoms. The molecule has 0 saturated carbocycles. The molecule has 0 aliphatic rings. The number of thioether (sulfide) groups is 1. The number of anilines is 1. The van der Waals surface area contributed by atoms with Crippen LogP contribution in [-0.2, 0) is 0 Å². The molecule has 1 rings (SSSR count). The van der Waals surface area contributed by atoms with Gasteiger partial charge in [0.05, 0.1) is 10.2 Å². The summed E-state index contributed by atoms with van der Waals surface area (Å²) >= 11 is 5.29. The van der Waals surface area contributed by atoms with Crippen LogP contribution in [0.3, 0.4) is 0 Å². The summed E-state index contributed by atoms with van der Waals surface area (Å²) in [6, 6.07) is 0. The number of nitrogens with one attached hydrogen (secondary N) is 1. The van der Waals surface area contributed by atoms with Crippen molar-refractivity contribution >= 4 is 33.5 Å². The van der Waals surface area contributed by atoms with E-state index in [2.05, 4.69) is 37.5 Å². The summed E-state index contributed by atoms with van der Waals surface area (Å²) in [5.41, 5.74) is 0.976. The summed E-state index contributed by atoms with van der Waals surface area (Å²) in [5.74, 6) is 2.77. The molecule has 0 amide bonds. The van der Waals surface area contributed by atoms with Crippen LogP contribution >= 0.6 is 27.7 Å². The van der Waals surface area contributed by atoms with Gasteiger partial charge >= 0.3 is 0 Å². The molecule has 0 saturated heterocycles. The van der Waals surface area contributed by atoms with Gasteiger partial charge in [-0.1, -0.05) is 0 Å². The molecule has 0 aliphatic heterocycles. The number of hydrogen-bond acceptors (Lipinski definition) is 4. The fourth-order valence-corrected chi connectivity index (χ4v) is 1.71. The molecular formula is C9H14BrN3S. The molecule has 0 aliphatic carbocycles. The van der Waals surface area contributed by atoms with Gasteiger partial charge in [0.2, 0.25) is 0 Å². The van der Waals surface area contributed by atoms with Crippen molar-refractivity contribution in [1.29, 1.82) is 0 Å². The highest BCUT2D eigenvalue weighted by atomic mass is 79.9. The van der Waals surface area contributed by atoms with E-state index < -0.39 is 0 Å². The normalized spacial score (nSPS) is 10.3. The first-order chi connectivity index (χ1) is 6.65. The van der Waals surface area contributed by atoms with Gasteiger partial charge in [0, 0.05) is 12.3 Å². The zero-order valence-electron chi connectivity index (χ0n) is 8.59. The fourth-order valence-electron chi connectivity index (χ4n) is 1.09. The molecule has 0 atom stereocenters. The minimum atomic E-state index is 0.803. The minimum Gasteiger partial charge on any atom is -0.368 e. The van der Waals surface area contributed by atoms with Crippen LogP contribution < -0.4 is 5.32 Å². The van der Waals surface area contributed by atoms with E-state index in [1.807, 2.05) is 25.6 Å². The summed E-state index contributed by atoms with van der Waals surface area (Å²) in [6.07, 6.45) is 2.09. The average molecular weight is 276 g/mol. The van der Waals surface area contributed by atoms with Gasteiger partial charge in [-0.25, -0.2) is 9.97 Å². The quantitative estimate of drug-likeness (QED) is 0.858. The Morgan fingerprint density at radius 2 is 2.07 bits per heavy atom. The monoisotopic (exact) mass is 275 g/mol. The topological polar surface area (TPSA) is 37.8 Å². The van der Waals surface area contributed by atoms with Gasteiger partial charge in [-0.15, -0.1) is 0 Å². The first-order valence-corrected chi connectivity index (χ1v) is 6.57. The lowest BCUT2D eigenvalue weighted by molar-refractivity contribution is 0.989. The zero-order chi connectivity index (χ0) is 10.6. The standard InChI is InChI=1S/C9H14BrN3S/c1-6-8(10)9(11-4-5-14-3)13-7(2)12-6/h4-5H2,1-3H3,(H,11,12,13). The van der Waals surface area contributed by atoms with Crippen molar-refractivity contribution < 1.29 is 0 Å². The molecular weight excluding hydrogens is 262 g/mol. The Bertz CT molecular complexity index is 317. The van der Waals surface area contributed by atoms with E-state index in [1.54, 1.807) is 0 Å². The molecule has 0 bridgehead atoms. The van der Waals surface area contributed by atoms with Crippen LogP contribution in [0.1, 0.15) is 11.5 Å². The molecule has 1 heterocycles. The molecule has 5 heteroatoms. The maximum absolute atomic E-state index is 4.33. The average Bonchev–Trinajstić information content (AvgIpc) is 2.13. The largest absolute Gasteiger partial charge is 0.368 e. The van der Waals surface area contributed by atoms with Crippen molar-refractivity contribution in [3.05, 3.63) is 16.0 Å². The lowest BCUT2D eigenvalue weighted by Crippen LogP contribution is -2.08. The summed E-state index contributed by atoms with van der Waals surface area (Å²) in [5, 5.41) is 3.28. The van der Waals surface area contributed by atoms with Gasteiger partial charge in [0.25, 0.3) is 0 Å². The van der Waals surface area contributed by atoms with Crippen molar-refractivity contribution in [3.8, 4) is 0 Å². The molecule has 0 fully saturated rings. The Kier molecular flexibility index (Phi) is 4.68. The number of hydrogen-bond donors (Lipinski definition) is 1. The van der Waals surface area contributed by atoms with E-state index >= 15 is 0 Å². The maximum Gasteiger partial charge on any atom is 0.144 e. The second kappa shape index (κ2) is 5.56. The van der Waals surface area contributed by atoms with Gasteiger partial charge < -0.3 is 5.32 Å². The van der Waals surface area contributed by atoms with Crippen LogP contribution in [0.4, 0.5) is 5.82 Å². The van der Waals surface area contributed by atoms with Crippen LogP contribution in [0, 0.1) is 13.8 Å². The Morgan fingerprint density at radius 1 is 1.36 bits per heavy atom. The Labute approximate surface area is 97.2 Å². The van der Waals surface area contributed by atoms with Crippen LogP contribution in [0.25, 0.3) is 0 Å². The lowest BCUT2D eigenvalue weighted by atomic mass is 10.4. The zero-order valence-corrected chi connectivity index (χ0v) is 11.0. The highest BCUT2D eigenvalue weighted by Crippen LogP contribution is 2.22. The number of nitrogens with zero attached hydrogens (tertiary/aromatic N) is 2. The molecule has 1 aromatic heterocycles. The van der Waals surface area contributed by atoms with Crippen LogP contribution in [0.15, 0.2) is 4.47 Å². The summed E-state index contributed by atoms with van der Waals surface area (Å²) in [7, 11) is 0. The van der Waals surface area contributed by atoms with E-state index in [4.69, 9.17) is 0 Å². The fraction of sp³-hybridized carbons (Fsp3) is 0.556. The highest BCUT2D eigenvalue weighted by Gasteiger charge is 2.05. The summed E-state index contributed by atoms with van der Waals surface area (Å²) < 4.78 is 0.962. The second-order valence-corrected chi connectivity index (χ2v) is 4.72. The number of rotatable bonds is 4. The van der Waals surface area contributed by atoms with E-state index in [9.17, 15) is 0 Å². The molecule has 0 unspecified atom stereocenters. The van der Waals surface area contributed by atoms with Crippen LogP contribution in [0.2, 0.25) is 0 Å². The van der Waals surface area contributed by atoms with Crippen molar-refractivity contribution in [2.75, 3.05) is 23.9 Å². The molecule has 1 aromatic rings. The number of halogens is 1. The van der Waals surface area contributed by atoms with E-state index in [0.29, 0.717) is 0 Å². The highest BCUT2D eigenvalue weighted by molar-refractivity contribution is 9.10. The van der Waals surface area contributed by atoms with Gasteiger partial charge in [-0.05, 0) is 36.0 Å². The SMILES string of the molecule is CSCCNc1nc(C)nc(C)c1Br. The molecule has 14 heavy (non-hydrogen) atoms. The number of aromatic nitrogens is 2. The lowest BCUT2D eigenvalue weighted by Gasteiger charge is -2.08. The van der Waals surface area contributed by atoms with E-state index in [1.165, 1.54) is 0 Å². The van der Waals surface area contributed by atoms with Crippen molar-refractivity contribution in [2.24, 2.45) is 0 Å². The van der Waals surface area contributed by atoms with Crippen molar-refractivity contribution in [2.45, 2.75) is 13.8 Å². The minimum absolute atomic E-state index is 0.803. The van der Waals surface area contributed by atoms with Crippen molar-refractivity contribution in [3.63, 3.8) is 0 Å². The van der Waals surface area contributed by atoms with Crippen LogP contribution in [-0.4, -0.2) is 28.5 Å². The molecule has 3 nitrogen and oxygen atoms in total. The summed E-state index contributed by atoms with van der Waals surface area (Å²) in [4.78, 5) is 8.59. The third-order valence-electron chi connectivity index (χ3n) is 1.73. The second-order valence-electron chi connectivity index (χ2n) is 2.94. The maximum atomic E-state index is 4.33. The predicted molar refractivity (Wildman–Crippen MR) is 66.1 cm³/mol. The predicted octanol–water partition coefficient (Wildman–Crippen LogP) is 2.63. The van der Waals surface area contributed by atoms with Gasteiger partial charge in [-0.2, -0.15) is 11.8 Å². The smallest absolute Gasteiger partial charge is 0.144 e. The van der Waals surface area contributed by atoms with Gasteiger partial charge in [-0.3, -0.25) is 0 Å². The Balaban J connectivity index is 2.75. The Morgan fingerprint density at radius 3 is 2.71 bits per heavy atom. The summed E-state index contributed by atoms with van der Waals surface area (Å²) in [6.45, 7) is 4.80. The van der Waals surface area contributed by atoms with E-state index in [0.717, 1.165) is 34.1 Å². The van der Waals surface area contributed by atoms with Gasteiger partial charge in [0.1, 0.15) is 11.6 Å². The molecule has 1 N–H and O–H groups in total. The van der Waals surface area contributed by atoms with Crippen LogP contribution in [0.5, 0.6) is 0 Å². The van der Waals surface area contributed by atoms with E-state index in [-0.39, 0.29) is 0 Å². The first kappa shape index (κ1) is 11.8. The third kappa shape index (κ3) is 3.13. The Hall–Kier alpha value is -0.290. The first-order valence-electron chi connectivity index (χ1n) is 4.38. The molecule has 0 aromatic carbocycles. The number of aryl methyl sites for hydroxylation is 2. The molecule has 78 valence electrons. The van der Waals surface area contributed by atoms with Gasteiger partial charge in [0.15, 0.2) is 0 Å². The van der Waals surface area contributed by atoms with Crippen molar-refractivity contribution in [1.82, 2.24) is 9.97 Å².